The van der Waals surface area contributed by atoms with Gasteiger partial charge in [0.25, 0.3) is 0 Å². The summed E-state index contributed by atoms with van der Waals surface area (Å²) in [6, 6.07) is 6.02. The van der Waals surface area contributed by atoms with Crippen LogP contribution in [0.15, 0.2) is 40.4 Å². The van der Waals surface area contributed by atoms with Crippen LogP contribution in [0.25, 0.3) is 0 Å². The van der Waals surface area contributed by atoms with E-state index >= 15 is 0 Å². The largest absolute Gasteiger partial charge is 0.504 e. The van der Waals surface area contributed by atoms with Crippen LogP contribution in [0.2, 0.25) is 0 Å². The van der Waals surface area contributed by atoms with Gasteiger partial charge in [0.15, 0.2) is 11.5 Å². The molecule has 0 spiro atoms. The SMILES string of the molecule is O=C(O)C1=NC=C(COc2ccccc2O)S1(=O)=O. The zero-order valence-corrected chi connectivity index (χ0v) is 10.3. The number of rotatable bonds is 4. The van der Waals surface area contributed by atoms with Crippen LogP contribution in [0, 0.1) is 0 Å². The number of phenolic OH excluding ortho intramolecular Hbond substituents is 1. The fourth-order valence-electron chi connectivity index (χ4n) is 1.41. The lowest BCUT2D eigenvalue weighted by atomic mass is 10.3. The quantitative estimate of drug-likeness (QED) is 0.833. The first kappa shape index (κ1) is 13.1. The standard InChI is InChI=1S/C11H9NO6S/c13-8-3-1-2-4-9(8)18-6-7-5-12-10(11(14)15)19(7,16)17/h1-5,13H,6H2,(H,14,15). The van der Waals surface area contributed by atoms with E-state index in [1.165, 1.54) is 12.1 Å². The van der Waals surface area contributed by atoms with Gasteiger partial charge in [0, 0.05) is 6.20 Å². The highest BCUT2D eigenvalue weighted by atomic mass is 32.2. The number of benzene rings is 1. The number of aliphatic carboxylic acids is 1. The van der Waals surface area contributed by atoms with Crippen molar-refractivity contribution in [1.82, 2.24) is 0 Å². The van der Waals surface area contributed by atoms with Crippen LogP contribution in [0.5, 0.6) is 11.5 Å². The van der Waals surface area contributed by atoms with Crippen molar-refractivity contribution in [2.75, 3.05) is 6.61 Å². The monoisotopic (exact) mass is 283 g/mol. The summed E-state index contributed by atoms with van der Waals surface area (Å²) in [5, 5.41) is 17.2. The molecule has 0 aromatic heterocycles. The molecule has 2 N–H and O–H groups in total. The van der Waals surface area contributed by atoms with Gasteiger partial charge in [-0.25, -0.2) is 18.2 Å². The Morgan fingerprint density at radius 1 is 1.32 bits per heavy atom. The van der Waals surface area contributed by atoms with E-state index in [0.29, 0.717) is 0 Å². The summed E-state index contributed by atoms with van der Waals surface area (Å²) in [4.78, 5) is 13.7. The number of sulfone groups is 1. The Morgan fingerprint density at radius 2 is 2.00 bits per heavy atom. The minimum atomic E-state index is -4.11. The van der Waals surface area contributed by atoms with Gasteiger partial charge < -0.3 is 14.9 Å². The molecule has 0 saturated heterocycles. The molecular formula is C11H9NO6S. The number of aromatic hydroxyl groups is 1. The predicted molar refractivity (Wildman–Crippen MR) is 65.7 cm³/mol. The second-order valence-corrected chi connectivity index (χ2v) is 5.51. The van der Waals surface area contributed by atoms with E-state index in [0.717, 1.165) is 6.20 Å². The van der Waals surface area contributed by atoms with Gasteiger partial charge in [0.1, 0.15) is 11.5 Å². The third kappa shape index (κ3) is 2.43. The number of carboxylic acids is 1. The molecule has 0 amide bonds. The molecule has 0 saturated carbocycles. The zero-order valence-electron chi connectivity index (χ0n) is 9.48. The van der Waals surface area contributed by atoms with Crippen LogP contribution >= 0.6 is 0 Å². The van der Waals surface area contributed by atoms with Crippen molar-refractivity contribution in [3.05, 3.63) is 35.4 Å². The van der Waals surface area contributed by atoms with Gasteiger partial charge in [0.05, 0.1) is 0 Å². The van der Waals surface area contributed by atoms with Crippen LogP contribution < -0.4 is 4.74 Å². The summed E-state index contributed by atoms with van der Waals surface area (Å²) < 4.78 is 28.6. The topological polar surface area (TPSA) is 113 Å². The lowest BCUT2D eigenvalue weighted by Gasteiger charge is -2.08. The van der Waals surface area contributed by atoms with E-state index in [9.17, 15) is 18.3 Å². The fraction of sp³-hybridized carbons (Fsp3) is 0.0909. The zero-order chi connectivity index (χ0) is 14.0. The Labute approximate surface area is 108 Å². The summed E-state index contributed by atoms with van der Waals surface area (Å²) in [6.45, 7) is -0.403. The molecule has 1 aliphatic rings. The van der Waals surface area contributed by atoms with Gasteiger partial charge in [0.2, 0.25) is 14.9 Å². The normalized spacial score (nSPS) is 16.6. The van der Waals surface area contributed by atoms with Gasteiger partial charge in [-0.2, -0.15) is 0 Å². The van der Waals surface area contributed by atoms with Crippen LogP contribution in [0.1, 0.15) is 0 Å². The number of hydrogen-bond donors (Lipinski definition) is 2. The molecule has 1 aliphatic heterocycles. The van der Waals surface area contributed by atoms with Crippen LogP contribution in [-0.2, 0) is 14.6 Å². The first-order valence-electron chi connectivity index (χ1n) is 5.09. The number of nitrogens with zero attached hydrogens (tertiary/aromatic N) is 1. The van der Waals surface area contributed by atoms with Crippen molar-refractivity contribution in [3.8, 4) is 11.5 Å². The molecule has 0 aliphatic carbocycles. The molecule has 19 heavy (non-hydrogen) atoms. The van der Waals surface area contributed by atoms with E-state index in [1.807, 2.05) is 0 Å². The van der Waals surface area contributed by atoms with E-state index in [2.05, 4.69) is 4.99 Å². The molecule has 1 aromatic rings. The van der Waals surface area contributed by atoms with E-state index in [-0.39, 0.29) is 16.4 Å². The molecule has 0 radical (unpaired) electrons. The summed E-state index contributed by atoms with van der Waals surface area (Å²) in [5.41, 5.74) is 0. The van der Waals surface area contributed by atoms with Crippen molar-refractivity contribution in [2.24, 2.45) is 4.99 Å². The number of hydrogen-bond acceptors (Lipinski definition) is 6. The summed E-state index contributed by atoms with van der Waals surface area (Å²) in [6.07, 6.45) is 0.929. The molecule has 2 rings (SSSR count). The second-order valence-electron chi connectivity index (χ2n) is 3.59. The van der Waals surface area contributed by atoms with Gasteiger partial charge in [-0.15, -0.1) is 0 Å². The third-order valence-electron chi connectivity index (χ3n) is 2.34. The maximum absolute atomic E-state index is 11.7. The highest BCUT2D eigenvalue weighted by Gasteiger charge is 2.35. The van der Waals surface area contributed by atoms with E-state index in [1.54, 1.807) is 12.1 Å². The maximum Gasteiger partial charge on any atom is 0.366 e. The molecule has 0 bridgehead atoms. The molecule has 8 heteroatoms. The number of phenols is 1. The second kappa shape index (κ2) is 4.73. The first-order chi connectivity index (χ1) is 8.93. The average Bonchev–Trinajstić information content (AvgIpc) is 2.63. The first-order valence-corrected chi connectivity index (χ1v) is 6.57. The summed E-state index contributed by atoms with van der Waals surface area (Å²) in [7, 11) is -4.11. The molecule has 0 fully saturated rings. The molecule has 1 heterocycles. The summed E-state index contributed by atoms with van der Waals surface area (Å²) >= 11 is 0. The highest BCUT2D eigenvalue weighted by Crippen LogP contribution is 2.26. The number of carbonyl (C=O) groups is 1. The van der Waals surface area contributed by atoms with Crippen molar-refractivity contribution in [2.45, 2.75) is 0 Å². The third-order valence-corrected chi connectivity index (χ3v) is 4.05. The van der Waals surface area contributed by atoms with Gasteiger partial charge in [-0.05, 0) is 12.1 Å². The minimum absolute atomic E-state index is 0.0994. The Kier molecular flexibility index (Phi) is 3.26. The number of ether oxygens (including phenoxy) is 1. The summed E-state index contributed by atoms with van der Waals surface area (Å²) in [5.74, 6) is -1.66. The molecule has 0 unspecified atom stereocenters. The lowest BCUT2D eigenvalue weighted by molar-refractivity contribution is -0.129. The number of para-hydroxylation sites is 2. The minimum Gasteiger partial charge on any atom is -0.504 e. The van der Waals surface area contributed by atoms with E-state index in [4.69, 9.17) is 9.84 Å². The van der Waals surface area contributed by atoms with Gasteiger partial charge >= 0.3 is 5.97 Å². The van der Waals surface area contributed by atoms with E-state index < -0.39 is 27.5 Å². The molecule has 0 atom stereocenters. The lowest BCUT2D eigenvalue weighted by Crippen LogP contribution is -2.24. The predicted octanol–water partition coefficient (Wildman–Crippen LogP) is 0.524. The molecule has 1 aromatic carbocycles. The van der Waals surface area contributed by atoms with Crippen molar-refractivity contribution in [1.29, 1.82) is 0 Å². The average molecular weight is 283 g/mol. The van der Waals surface area contributed by atoms with Crippen LogP contribution in [0.3, 0.4) is 0 Å². The van der Waals surface area contributed by atoms with Crippen molar-refractivity contribution in [3.63, 3.8) is 0 Å². The highest BCUT2D eigenvalue weighted by molar-refractivity contribution is 8.11. The Balaban J connectivity index is 2.12. The Bertz CT molecular complexity index is 689. The van der Waals surface area contributed by atoms with Gasteiger partial charge in [-0.1, -0.05) is 12.1 Å². The van der Waals surface area contributed by atoms with Crippen LogP contribution in [-0.4, -0.2) is 36.3 Å². The Morgan fingerprint density at radius 3 is 2.58 bits per heavy atom. The Hall–Kier alpha value is -2.35. The maximum atomic E-state index is 11.7. The molecular weight excluding hydrogens is 274 g/mol. The molecule has 100 valence electrons. The molecule has 7 nitrogen and oxygen atoms in total. The van der Waals surface area contributed by atoms with Crippen molar-refractivity contribution >= 4 is 20.9 Å². The van der Waals surface area contributed by atoms with Crippen LogP contribution in [0.4, 0.5) is 0 Å². The smallest absolute Gasteiger partial charge is 0.366 e. The fourth-order valence-corrected chi connectivity index (χ4v) is 2.48. The number of aliphatic imine (C=N–C) groups is 1. The van der Waals surface area contributed by atoms with Gasteiger partial charge in [-0.3, -0.25) is 0 Å². The number of carboxylic acid groups (broad SMARTS) is 1. The van der Waals surface area contributed by atoms with Crippen molar-refractivity contribution < 1.29 is 28.2 Å².